The molecule has 1 unspecified atom stereocenters. The molecule has 0 radical (unpaired) electrons. The molecule has 1 aromatic carbocycles. The van der Waals surface area contributed by atoms with Crippen molar-refractivity contribution in [3.63, 3.8) is 0 Å². The summed E-state index contributed by atoms with van der Waals surface area (Å²) in [4.78, 5) is 17.8. The van der Waals surface area contributed by atoms with Crippen LogP contribution in [0.4, 0.5) is 0 Å². The molecule has 3 rings (SSSR count). The lowest BCUT2D eigenvalue weighted by Crippen LogP contribution is -2.30. The van der Waals surface area contributed by atoms with Gasteiger partial charge in [-0.05, 0) is 56.9 Å². The molecular formula is C17H23N3O. The van der Waals surface area contributed by atoms with Gasteiger partial charge in [0.25, 0.3) is 5.91 Å². The van der Waals surface area contributed by atoms with Gasteiger partial charge in [0.15, 0.2) is 0 Å². The lowest BCUT2D eigenvalue weighted by atomic mass is 9.92. The van der Waals surface area contributed by atoms with Gasteiger partial charge in [-0.3, -0.25) is 4.79 Å². The van der Waals surface area contributed by atoms with Crippen molar-refractivity contribution in [3.8, 4) is 0 Å². The predicted molar refractivity (Wildman–Crippen MR) is 85.6 cm³/mol. The molecule has 0 bridgehead atoms. The van der Waals surface area contributed by atoms with Crippen LogP contribution in [0.5, 0.6) is 0 Å². The van der Waals surface area contributed by atoms with E-state index in [1.165, 1.54) is 11.3 Å². The average Bonchev–Trinajstić information content (AvgIpc) is 2.85. The molecular weight excluding hydrogens is 262 g/mol. The van der Waals surface area contributed by atoms with Gasteiger partial charge in [-0.15, -0.1) is 0 Å². The zero-order valence-corrected chi connectivity index (χ0v) is 12.8. The Hall–Kier alpha value is -1.81. The first kappa shape index (κ1) is 14.1. The number of rotatable bonds is 3. The Labute approximate surface area is 125 Å². The second kappa shape index (κ2) is 5.53. The molecule has 1 aliphatic rings. The summed E-state index contributed by atoms with van der Waals surface area (Å²) >= 11 is 0. The van der Waals surface area contributed by atoms with Crippen LogP contribution in [0.2, 0.25) is 0 Å². The Balaban J connectivity index is 2.03. The molecule has 0 fully saturated rings. The summed E-state index contributed by atoms with van der Waals surface area (Å²) in [7, 11) is 0. The molecule has 3 N–H and O–H groups in total. The van der Waals surface area contributed by atoms with Gasteiger partial charge in [0.2, 0.25) is 0 Å². The van der Waals surface area contributed by atoms with E-state index in [0.29, 0.717) is 0 Å². The number of carbonyl (C=O) groups excluding carboxylic acids is 1. The van der Waals surface area contributed by atoms with E-state index in [-0.39, 0.29) is 11.9 Å². The predicted octanol–water partition coefficient (Wildman–Crippen LogP) is 2.47. The third-order valence-corrected chi connectivity index (χ3v) is 4.52. The second-order valence-electron chi connectivity index (χ2n) is 5.82. The minimum atomic E-state index is 0.108. The lowest BCUT2D eigenvalue weighted by Gasteiger charge is -2.19. The SMILES string of the molecule is CCN(CC)C(=O)c1ccc2[nH]c3c(c2c1)CC(N)CC3. The number of nitrogens with zero attached hydrogens (tertiary/aromatic N) is 1. The lowest BCUT2D eigenvalue weighted by molar-refractivity contribution is 0.0773. The molecule has 4 heteroatoms. The third kappa shape index (κ3) is 2.44. The molecule has 1 heterocycles. The molecule has 0 saturated carbocycles. The highest BCUT2D eigenvalue weighted by Gasteiger charge is 2.21. The fourth-order valence-corrected chi connectivity index (χ4v) is 3.27. The van der Waals surface area contributed by atoms with E-state index in [2.05, 4.69) is 4.98 Å². The maximum Gasteiger partial charge on any atom is 0.253 e. The van der Waals surface area contributed by atoms with Crippen molar-refractivity contribution < 1.29 is 4.79 Å². The normalized spacial score (nSPS) is 17.8. The molecule has 0 saturated heterocycles. The van der Waals surface area contributed by atoms with Crippen molar-refractivity contribution >= 4 is 16.8 Å². The van der Waals surface area contributed by atoms with Gasteiger partial charge in [0.05, 0.1) is 0 Å². The maximum atomic E-state index is 12.5. The van der Waals surface area contributed by atoms with Gasteiger partial charge in [0.1, 0.15) is 0 Å². The Morgan fingerprint density at radius 3 is 2.86 bits per heavy atom. The Morgan fingerprint density at radius 1 is 1.38 bits per heavy atom. The number of aromatic nitrogens is 1. The van der Waals surface area contributed by atoms with Crippen LogP contribution in [0.25, 0.3) is 10.9 Å². The topological polar surface area (TPSA) is 62.1 Å². The van der Waals surface area contributed by atoms with Crippen molar-refractivity contribution in [2.45, 2.75) is 39.2 Å². The first-order chi connectivity index (χ1) is 10.1. The molecule has 112 valence electrons. The quantitative estimate of drug-likeness (QED) is 0.910. The van der Waals surface area contributed by atoms with Crippen LogP contribution >= 0.6 is 0 Å². The standard InChI is InChI=1S/C17H23N3O/c1-3-20(4-2)17(21)11-5-7-15-13(9-11)14-10-12(18)6-8-16(14)19-15/h5,7,9,12,19H,3-4,6,8,10,18H2,1-2H3. The van der Waals surface area contributed by atoms with Crippen LogP contribution in [0.15, 0.2) is 18.2 Å². The Kier molecular flexibility index (Phi) is 3.72. The van der Waals surface area contributed by atoms with Gasteiger partial charge in [0, 0.05) is 41.3 Å². The molecule has 2 aromatic rings. The number of aromatic amines is 1. The average molecular weight is 285 g/mol. The number of aryl methyl sites for hydroxylation is 1. The van der Waals surface area contributed by atoms with Gasteiger partial charge >= 0.3 is 0 Å². The number of H-pyrrole nitrogens is 1. The number of hydrogen-bond donors (Lipinski definition) is 2. The minimum absolute atomic E-state index is 0.108. The first-order valence-corrected chi connectivity index (χ1v) is 7.82. The zero-order chi connectivity index (χ0) is 15.0. The van der Waals surface area contributed by atoms with Gasteiger partial charge in [-0.25, -0.2) is 0 Å². The van der Waals surface area contributed by atoms with Gasteiger partial charge in [-0.1, -0.05) is 0 Å². The van der Waals surface area contributed by atoms with E-state index in [0.717, 1.165) is 48.8 Å². The van der Waals surface area contributed by atoms with Crippen molar-refractivity contribution in [2.75, 3.05) is 13.1 Å². The molecule has 21 heavy (non-hydrogen) atoms. The number of amides is 1. The molecule has 1 aliphatic carbocycles. The van der Waals surface area contributed by atoms with Crippen LogP contribution in [-0.2, 0) is 12.8 Å². The van der Waals surface area contributed by atoms with E-state index in [4.69, 9.17) is 5.73 Å². The fourth-order valence-electron chi connectivity index (χ4n) is 3.27. The van der Waals surface area contributed by atoms with E-state index in [9.17, 15) is 4.79 Å². The second-order valence-corrected chi connectivity index (χ2v) is 5.82. The van der Waals surface area contributed by atoms with Crippen LogP contribution in [0.1, 0.15) is 41.9 Å². The van der Waals surface area contributed by atoms with Crippen molar-refractivity contribution in [2.24, 2.45) is 5.73 Å². The van der Waals surface area contributed by atoms with E-state index in [1.54, 1.807) is 0 Å². The maximum absolute atomic E-state index is 12.5. The number of carbonyl (C=O) groups is 1. The molecule has 4 nitrogen and oxygen atoms in total. The summed E-state index contributed by atoms with van der Waals surface area (Å²) in [6.07, 6.45) is 2.94. The molecule has 1 amide bonds. The summed E-state index contributed by atoms with van der Waals surface area (Å²) in [5.74, 6) is 0.108. The number of nitrogens with one attached hydrogen (secondary N) is 1. The molecule has 0 spiro atoms. The number of fused-ring (bicyclic) bond motifs is 3. The fraction of sp³-hybridized carbons (Fsp3) is 0.471. The van der Waals surface area contributed by atoms with Crippen molar-refractivity contribution in [3.05, 3.63) is 35.0 Å². The van der Waals surface area contributed by atoms with E-state index < -0.39 is 0 Å². The van der Waals surface area contributed by atoms with Crippen LogP contribution in [0.3, 0.4) is 0 Å². The minimum Gasteiger partial charge on any atom is -0.358 e. The third-order valence-electron chi connectivity index (χ3n) is 4.52. The first-order valence-electron chi connectivity index (χ1n) is 7.82. The smallest absolute Gasteiger partial charge is 0.253 e. The summed E-state index contributed by atoms with van der Waals surface area (Å²) in [6.45, 7) is 5.50. The zero-order valence-electron chi connectivity index (χ0n) is 12.8. The Bertz CT molecular complexity index is 670. The van der Waals surface area contributed by atoms with Gasteiger partial charge < -0.3 is 15.6 Å². The van der Waals surface area contributed by atoms with E-state index in [1.807, 2.05) is 36.9 Å². The molecule has 1 atom stereocenters. The summed E-state index contributed by atoms with van der Waals surface area (Å²) in [5.41, 5.74) is 10.6. The van der Waals surface area contributed by atoms with Crippen molar-refractivity contribution in [1.82, 2.24) is 9.88 Å². The largest absolute Gasteiger partial charge is 0.358 e. The Morgan fingerprint density at radius 2 is 2.14 bits per heavy atom. The summed E-state index contributed by atoms with van der Waals surface area (Å²) < 4.78 is 0. The van der Waals surface area contributed by atoms with Crippen LogP contribution in [0, 0.1) is 0 Å². The van der Waals surface area contributed by atoms with Crippen LogP contribution < -0.4 is 5.73 Å². The summed E-state index contributed by atoms with van der Waals surface area (Å²) in [6, 6.07) is 6.21. The number of nitrogens with two attached hydrogens (primary N) is 1. The van der Waals surface area contributed by atoms with E-state index >= 15 is 0 Å². The highest BCUT2D eigenvalue weighted by Crippen LogP contribution is 2.29. The number of benzene rings is 1. The van der Waals surface area contributed by atoms with Gasteiger partial charge in [-0.2, -0.15) is 0 Å². The molecule has 0 aliphatic heterocycles. The highest BCUT2D eigenvalue weighted by molar-refractivity contribution is 5.99. The monoisotopic (exact) mass is 285 g/mol. The number of hydrogen-bond acceptors (Lipinski definition) is 2. The summed E-state index contributed by atoms with van der Waals surface area (Å²) in [5, 5.41) is 1.16. The van der Waals surface area contributed by atoms with Crippen molar-refractivity contribution in [1.29, 1.82) is 0 Å². The highest BCUT2D eigenvalue weighted by atomic mass is 16.2. The molecule has 1 aromatic heterocycles. The van der Waals surface area contributed by atoms with Crippen LogP contribution in [-0.4, -0.2) is 34.9 Å².